The molecule has 6 heteroatoms. The fraction of sp³-hybridized carbons (Fsp3) is 0.538. The number of nitrogens with one attached hydrogen (secondary N) is 1. The van der Waals surface area contributed by atoms with E-state index in [2.05, 4.69) is 5.32 Å². The van der Waals surface area contributed by atoms with Crippen LogP contribution in [0.2, 0.25) is 0 Å². The second kappa shape index (κ2) is 7.70. The molecule has 1 aromatic carbocycles. The van der Waals surface area contributed by atoms with Gasteiger partial charge in [-0.1, -0.05) is 6.92 Å². The van der Waals surface area contributed by atoms with E-state index in [-0.39, 0.29) is 16.7 Å². The lowest BCUT2D eigenvalue weighted by atomic mass is 10.0. The van der Waals surface area contributed by atoms with Crippen LogP contribution in [-0.2, 0) is 11.2 Å². The minimum atomic E-state index is -0.370. The van der Waals surface area contributed by atoms with Crippen LogP contribution in [0.1, 0.15) is 12.5 Å². The summed E-state index contributed by atoms with van der Waals surface area (Å²) < 4.78 is 10.2. The monoisotopic (exact) mass is 268 g/mol. The van der Waals surface area contributed by atoms with Crippen molar-refractivity contribution in [1.29, 1.82) is 0 Å². The van der Waals surface area contributed by atoms with E-state index in [1.165, 1.54) is 6.07 Å². The number of hydrogen-bond acceptors (Lipinski definition) is 5. The van der Waals surface area contributed by atoms with Crippen LogP contribution in [0.5, 0.6) is 5.75 Å². The number of nitro groups is 1. The number of nitrogens with zero attached hydrogens (tertiary/aromatic N) is 1. The Labute approximate surface area is 112 Å². The normalized spacial score (nSPS) is 12.2. The Morgan fingerprint density at radius 2 is 2.16 bits per heavy atom. The third-order valence-electron chi connectivity index (χ3n) is 2.81. The van der Waals surface area contributed by atoms with Crippen molar-refractivity contribution in [2.45, 2.75) is 19.4 Å². The van der Waals surface area contributed by atoms with Crippen LogP contribution in [0, 0.1) is 10.1 Å². The van der Waals surface area contributed by atoms with E-state index in [9.17, 15) is 10.1 Å². The van der Waals surface area contributed by atoms with Gasteiger partial charge in [0.25, 0.3) is 5.69 Å². The summed E-state index contributed by atoms with van der Waals surface area (Å²) in [4.78, 5) is 10.7. The first-order valence-corrected chi connectivity index (χ1v) is 6.16. The first-order valence-electron chi connectivity index (χ1n) is 6.16. The van der Waals surface area contributed by atoms with Gasteiger partial charge in [0.2, 0.25) is 0 Å². The van der Waals surface area contributed by atoms with Gasteiger partial charge in [0.1, 0.15) is 5.75 Å². The maximum atomic E-state index is 11.0. The van der Waals surface area contributed by atoms with Gasteiger partial charge in [-0.15, -0.1) is 0 Å². The lowest BCUT2D eigenvalue weighted by molar-refractivity contribution is -0.385. The van der Waals surface area contributed by atoms with Crippen LogP contribution < -0.4 is 10.1 Å². The molecule has 0 heterocycles. The third kappa shape index (κ3) is 4.50. The second-order valence-corrected chi connectivity index (χ2v) is 4.17. The highest BCUT2D eigenvalue weighted by molar-refractivity contribution is 5.45. The smallest absolute Gasteiger partial charge is 0.272 e. The Bertz CT molecular complexity index is 417. The van der Waals surface area contributed by atoms with Crippen LogP contribution >= 0.6 is 0 Å². The number of hydrogen-bond donors (Lipinski definition) is 1. The number of likely N-dealkylation sites (N-methyl/N-ethyl adjacent to an activating group) is 1. The maximum Gasteiger partial charge on any atom is 0.272 e. The van der Waals surface area contributed by atoms with Crippen molar-refractivity contribution in [1.82, 2.24) is 5.32 Å². The Kier molecular flexibility index (Phi) is 6.24. The molecule has 0 radical (unpaired) electrons. The molecule has 6 nitrogen and oxygen atoms in total. The van der Waals surface area contributed by atoms with Crippen molar-refractivity contribution < 1.29 is 14.4 Å². The summed E-state index contributed by atoms with van der Waals surface area (Å²) in [6.45, 7) is 3.27. The van der Waals surface area contributed by atoms with E-state index in [1.807, 2.05) is 6.92 Å². The lowest BCUT2D eigenvalue weighted by Gasteiger charge is -2.17. The molecule has 0 saturated carbocycles. The average Bonchev–Trinajstić information content (AvgIpc) is 2.38. The molecule has 0 bridgehead atoms. The molecule has 0 amide bonds. The van der Waals surface area contributed by atoms with Crippen molar-refractivity contribution in [3.05, 3.63) is 33.9 Å². The Balaban J connectivity index is 2.97. The van der Waals surface area contributed by atoms with Crippen LogP contribution in [0.15, 0.2) is 18.2 Å². The van der Waals surface area contributed by atoms with Gasteiger partial charge >= 0.3 is 0 Å². The molecule has 0 saturated heterocycles. The van der Waals surface area contributed by atoms with Crippen molar-refractivity contribution >= 4 is 5.69 Å². The molecule has 0 aliphatic rings. The predicted molar refractivity (Wildman–Crippen MR) is 72.7 cm³/mol. The molecular weight excluding hydrogens is 248 g/mol. The van der Waals surface area contributed by atoms with Crippen molar-refractivity contribution in [3.8, 4) is 5.75 Å². The first kappa shape index (κ1) is 15.4. The summed E-state index contributed by atoms with van der Waals surface area (Å²) in [5.41, 5.74) is 0.757. The summed E-state index contributed by atoms with van der Waals surface area (Å²) in [5, 5.41) is 14.3. The van der Waals surface area contributed by atoms with Crippen LogP contribution in [-0.4, -0.2) is 38.3 Å². The van der Waals surface area contributed by atoms with E-state index in [0.29, 0.717) is 24.3 Å². The molecule has 106 valence electrons. The minimum Gasteiger partial charge on any atom is -0.497 e. The summed E-state index contributed by atoms with van der Waals surface area (Å²) in [7, 11) is 3.16. The SMILES string of the molecule is CCNC(COC)Cc1cc(OC)ccc1[N+](=O)[O-]. The van der Waals surface area contributed by atoms with Gasteiger partial charge < -0.3 is 14.8 Å². The molecule has 0 aliphatic carbocycles. The molecule has 0 aliphatic heterocycles. The van der Waals surface area contributed by atoms with E-state index in [0.717, 1.165) is 6.54 Å². The lowest BCUT2D eigenvalue weighted by Crippen LogP contribution is -2.35. The van der Waals surface area contributed by atoms with Gasteiger partial charge in [0, 0.05) is 24.8 Å². The maximum absolute atomic E-state index is 11.0. The second-order valence-electron chi connectivity index (χ2n) is 4.17. The third-order valence-corrected chi connectivity index (χ3v) is 2.81. The van der Waals surface area contributed by atoms with Gasteiger partial charge in [0.15, 0.2) is 0 Å². The summed E-state index contributed by atoms with van der Waals surface area (Å²) in [5.74, 6) is 0.619. The number of rotatable bonds is 8. The van der Waals surface area contributed by atoms with Crippen LogP contribution in [0.4, 0.5) is 5.69 Å². The van der Waals surface area contributed by atoms with E-state index in [4.69, 9.17) is 9.47 Å². The highest BCUT2D eigenvalue weighted by Crippen LogP contribution is 2.25. The van der Waals surface area contributed by atoms with Gasteiger partial charge in [-0.2, -0.15) is 0 Å². The molecule has 1 unspecified atom stereocenters. The van der Waals surface area contributed by atoms with E-state index >= 15 is 0 Å². The van der Waals surface area contributed by atoms with Gasteiger partial charge in [0.05, 0.1) is 18.6 Å². The standard InChI is InChI=1S/C13H20N2O4/c1-4-14-11(9-18-2)7-10-8-12(19-3)5-6-13(10)15(16)17/h5-6,8,11,14H,4,7,9H2,1-3H3. The number of nitro benzene ring substituents is 1. The predicted octanol–water partition coefficient (Wildman–Crippen LogP) is 1.77. The molecule has 1 rings (SSSR count). The number of methoxy groups -OCH3 is 2. The summed E-state index contributed by atoms with van der Waals surface area (Å²) in [6, 6.07) is 4.82. The molecular formula is C13H20N2O4. The highest BCUT2D eigenvalue weighted by Gasteiger charge is 2.18. The topological polar surface area (TPSA) is 73.6 Å². The van der Waals surface area contributed by atoms with Crippen LogP contribution in [0.25, 0.3) is 0 Å². The van der Waals surface area contributed by atoms with Gasteiger partial charge in [-0.25, -0.2) is 0 Å². The Hall–Kier alpha value is -1.66. The van der Waals surface area contributed by atoms with Gasteiger partial charge in [-0.05, 0) is 25.1 Å². The fourth-order valence-electron chi connectivity index (χ4n) is 1.98. The Morgan fingerprint density at radius 1 is 1.42 bits per heavy atom. The van der Waals surface area contributed by atoms with Crippen molar-refractivity contribution in [2.24, 2.45) is 0 Å². The number of benzene rings is 1. The first-order chi connectivity index (χ1) is 9.12. The number of ether oxygens (including phenoxy) is 2. The van der Waals surface area contributed by atoms with Gasteiger partial charge in [-0.3, -0.25) is 10.1 Å². The molecule has 0 fully saturated rings. The van der Waals surface area contributed by atoms with E-state index < -0.39 is 0 Å². The molecule has 1 atom stereocenters. The quantitative estimate of drug-likeness (QED) is 0.574. The van der Waals surface area contributed by atoms with Crippen LogP contribution in [0.3, 0.4) is 0 Å². The zero-order chi connectivity index (χ0) is 14.3. The molecule has 1 N–H and O–H groups in total. The summed E-state index contributed by atoms with van der Waals surface area (Å²) >= 11 is 0. The molecule has 19 heavy (non-hydrogen) atoms. The minimum absolute atomic E-state index is 0.0424. The Morgan fingerprint density at radius 3 is 2.68 bits per heavy atom. The highest BCUT2D eigenvalue weighted by atomic mass is 16.6. The molecule has 0 spiro atoms. The zero-order valence-electron chi connectivity index (χ0n) is 11.5. The zero-order valence-corrected chi connectivity index (χ0v) is 11.5. The molecule has 1 aromatic rings. The summed E-state index contributed by atoms with van der Waals surface area (Å²) in [6.07, 6.45) is 0.523. The fourth-order valence-corrected chi connectivity index (χ4v) is 1.98. The van der Waals surface area contributed by atoms with Crippen molar-refractivity contribution in [2.75, 3.05) is 27.4 Å². The average molecular weight is 268 g/mol. The van der Waals surface area contributed by atoms with E-state index in [1.54, 1.807) is 26.4 Å². The largest absolute Gasteiger partial charge is 0.497 e. The molecule has 0 aromatic heterocycles. The van der Waals surface area contributed by atoms with Crippen molar-refractivity contribution in [3.63, 3.8) is 0 Å².